The predicted octanol–water partition coefficient (Wildman–Crippen LogP) is 3.48. The molecule has 0 saturated heterocycles. The highest BCUT2D eigenvalue weighted by Crippen LogP contribution is 2.28. The maximum Gasteiger partial charge on any atom is 0.193 e. The molecule has 28 heavy (non-hydrogen) atoms. The number of rotatable bonds is 7. The monoisotopic (exact) mass is 493 g/mol. The van der Waals surface area contributed by atoms with Crippen LogP contribution in [0, 0.1) is 0 Å². The Labute approximate surface area is 181 Å². The molecule has 8 heteroatoms. The first kappa shape index (κ1) is 21.5. The molecule has 0 saturated carbocycles. The highest BCUT2D eigenvalue weighted by atomic mass is 127. The van der Waals surface area contributed by atoms with Crippen LogP contribution in [0.15, 0.2) is 65.9 Å². The van der Waals surface area contributed by atoms with E-state index in [9.17, 15) is 0 Å². The number of guanidine groups is 1. The Kier molecular flexibility index (Phi) is 8.12. The van der Waals surface area contributed by atoms with Gasteiger partial charge < -0.3 is 20.5 Å². The molecule has 7 nitrogen and oxygen atoms in total. The summed E-state index contributed by atoms with van der Waals surface area (Å²) in [5, 5.41) is 7.28. The molecule has 0 amide bonds. The van der Waals surface area contributed by atoms with Crippen molar-refractivity contribution in [1.82, 2.24) is 9.78 Å². The molecule has 0 bridgehead atoms. The van der Waals surface area contributed by atoms with Gasteiger partial charge in [-0.15, -0.1) is 24.0 Å². The number of halogens is 1. The zero-order valence-electron chi connectivity index (χ0n) is 15.8. The average molecular weight is 493 g/mol. The smallest absolute Gasteiger partial charge is 0.193 e. The second-order valence-electron chi connectivity index (χ2n) is 5.83. The summed E-state index contributed by atoms with van der Waals surface area (Å²) in [6, 6.07) is 15.6. The maximum absolute atomic E-state index is 6.00. The minimum Gasteiger partial charge on any atom is -0.497 e. The lowest BCUT2D eigenvalue weighted by Gasteiger charge is -2.12. The second-order valence-corrected chi connectivity index (χ2v) is 5.83. The Morgan fingerprint density at radius 2 is 1.93 bits per heavy atom. The van der Waals surface area contributed by atoms with Crippen molar-refractivity contribution in [3.63, 3.8) is 0 Å². The number of methoxy groups -OCH3 is 2. The van der Waals surface area contributed by atoms with Crippen molar-refractivity contribution in [2.24, 2.45) is 10.7 Å². The molecular weight excluding hydrogens is 469 g/mol. The van der Waals surface area contributed by atoms with E-state index in [-0.39, 0.29) is 24.0 Å². The number of anilines is 1. The first-order valence-electron chi connectivity index (χ1n) is 8.57. The minimum absolute atomic E-state index is 0. The third kappa shape index (κ3) is 5.62. The molecule has 3 aromatic rings. The third-order valence-electron chi connectivity index (χ3n) is 4.06. The molecule has 0 aliphatic heterocycles. The highest BCUT2D eigenvalue weighted by molar-refractivity contribution is 14.0. The minimum atomic E-state index is 0. The van der Waals surface area contributed by atoms with Gasteiger partial charge in [0, 0.05) is 25.0 Å². The lowest BCUT2D eigenvalue weighted by Crippen LogP contribution is -2.23. The summed E-state index contributed by atoms with van der Waals surface area (Å²) in [4.78, 5) is 4.39. The van der Waals surface area contributed by atoms with Crippen LogP contribution >= 0.6 is 24.0 Å². The van der Waals surface area contributed by atoms with E-state index in [4.69, 9.17) is 15.2 Å². The Bertz CT molecular complexity index is 895. The zero-order valence-corrected chi connectivity index (χ0v) is 18.2. The number of hydrogen-bond acceptors (Lipinski definition) is 4. The van der Waals surface area contributed by atoms with Gasteiger partial charge in [-0.1, -0.05) is 12.1 Å². The number of aliphatic imine (C=N–C) groups is 1. The van der Waals surface area contributed by atoms with Crippen LogP contribution in [0.1, 0.15) is 5.56 Å². The van der Waals surface area contributed by atoms with Crippen LogP contribution in [0.2, 0.25) is 0 Å². The van der Waals surface area contributed by atoms with Crippen LogP contribution in [0.4, 0.5) is 5.69 Å². The molecule has 0 spiro atoms. The van der Waals surface area contributed by atoms with Crippen molar-refractivity contribution in [3.05, 3.63) is 66.5 Å². The van der Waals surface area contributed by atoms with E-state index in [2.05, 4.69) is 27.5 Å². The van der Waals surface area contributed by atoms with Crippen molar-refractivity contribution in [2.75, 3.05) is 26.1 Å². The number of aromatic nitrogens is 2. The van der Waals surface area contributed by atoms with Crippen LogP contribution < -0.4 is 20.5 Å². The Balaban J connectivity index is 0.00000280. The molecule has 0 fully saturated rings. The SMILES string of the molecule is COc1ccc(OC)c(NC(N)=NCCc2ccc(-n3cccn3)cc2)c1.I. The van der Waals surface area contributed by atoms with Gasteiger partial charge in [0.15, 0.2) is 5.96 Å². The summed E-state index contributed by atoms with van der Waals surface area (Å²) in [7, 11) is 3.22. The predicted molar refractivity (Wildman–Crippen MR) is 122 cm³/mol. The van der Waals surface area contributed by atoms with Gasteiger partial charge in [0.2, 0.25) is 0 Å². The number of nitrogens with zero attached hydrogens (tertiary/aromatic N) is 3. The van der Waals surface area contributed by atoms with Crippen LogP contribution in [-0.2, 0) is 6.42 Å². The van der Waals surface area contributed by atoms with Crippen molar-refractivity contribution in [3.8, 4) is 17.2 Å². The number of nitrogens with two attached hydrogens (primary N) is 1. The van der Waals surface area contributed by atoms with E-state index in [0.717, 1.165) is 12.1 Å². The normalized spacial score (nSPS) is 10.9. The average Bonchev–Trinajstić information content (AvgIpc) is 3.23. The van der Waals surface area contributed by atoms with Gasteiger partial charge >= 0.3 is 0 Å². The quantitative estimate of drug-likeness (QED) is 0.299. The van der Waals surface area contributed by atoms with Gasteiger partial charge in [0.25, 0.3) is 0 Å². The molecular formula is C20H24IN5O2. The number of hydrogen-bond donors (Lipinski definition) is 2. The van der Waals surface area contributed by atoms with E-state index in [1.54, 1.807) is 20.4 Å². The highest BCUT2D eigenvalue weighted by Gasteiger charge is 2.06. The fourth-order valence-corrected chi connectivity index (χ4v) is 2.63. The standard InChI is InChI=1S/C20H23N5O2.HI/c1-26-17-8-9-19(27-2)18(14-17)24-20(21)22-12-10-15-4-6-16(7-5-15)25-13-3-11-23-25;/h3-9,11,13-14H,10,12H2,1-2H3,(H3,21,22,24);1H. The molecule has 148 valence electrons. The van der Waals surface area contributed by atoms with E-state index in [1.807, 2.05) is 47.3 Å². The summed E-state index contributed by atoms with van der Waals surface area (Å²) in [5.41, 5.74) is 8.92. The largest absolute Gasteiger partial charge is 0.497 e. The molecule has 0 aliphatic carbocycles. The van der Waals surface area contributed by atoms with Crippen LogP contribution in [0.5, 0.6) is 11.5 Å². The summed E-state index contributed by atoms with van der Waals surface area (Å²) < 4.78 is 12.4. The van der Waals surface area contributed by atoms with Crippen molar-refractivity contribution in [1.29, 1.82) is 0 Å². The zero-order chi connectivity index (χ0) is 19.1. The van der Waals surface area contributed by atoms with E-state index in [1.165, 1.54) is 5.56 Å². The van der Waals surface area contributed by atoms with Crippen LogP contribution in [0.3, 0.4) is 0 Å². The summed E-state index contributed by atoms with van der Waals surface area (Å²) >= 11 is 0. The van der Waals surface area contributed by atoms with Gasteiger partial charge in [-0.05, 0) is 42.3 Å². The molecule has 0 atom stereocenters. The number of benzene rings is 2. The van der Waals surface area contributed by atoms with Gasteiger partial charge in [0.05, 0.1) is 25.6 Å². The maximum atomic E-state index is 6.00. The van der Waals surface area contributed by atoms with Gasteiger partial charge in [-0.2, -0.15) is 5.10 Å². The third-order valence-corrected chi connectivity index (χ3v) is 4.06. The van der Waals surface area contributed by atoms with Crippen LogP contribution in [-0.4, -0.2) is 36.5 Å². The first-order valence-corrected chi connectivity index (χ1v) is 8.57. The van der Waals surface area contributed by atoms with Crippen molar-refractivity contribution >= 4 is 35.6 Å². The number of ether oxygens (including phenoxy) is 2. The van der Waals surface area contributed by atoms with Crippen LogP contribution in [0.25, 0.3) is 5.69 Å². The molecule has 0 aliphatic rings. The molecule has 1 aromatic heterocycles. The molecule has 0 unspecified atom stereocenters. The molecule has 2 aromatic carbocycles. The van der Waals surface area contributed by atoms with E-state index >= 15 is 0 Å². The summed E-state index contributed by atoms with van der Waals surface area (Å²) in [5.74, 6) is 1.71. The molecule has 1 heterocycles. The Hall–Kier alpha value is -2.75. The Morgan fingerprint density at radius 3 is 2.57 bits per heavy atom. The van der Waals surface area contributed by atoms with E-state index in [0.29, 0.717) is 29.7 Å². The van der Waals surface area contributed by atoms with Gasteiger partial charge in [-0.25, -0.2) is 4.68 Å². The number of nitrogens with one attached hydrogen (secondary N) is 1. The summed E-state index contributed by atoms with van der Waals surface area (Å²) in [6.45, 7) is 0.576. The second kappa shape index (κ2) is 10.5. The fraction of sp³-hybridized carbons (Fsp3) is 0.200. The van der Waals surface area contributed by atoms with Gasteiger partial charge in [-0.3, -0.25) is 4.99 Å². The van der Waals surface area contributed by atoms with Gasteiger partial charge in [0.1, 0.15) is 11.5 Å². The first-order chi connectivity index (χ1) is 13.2. The van der Waals surface area contributed by atoms with Crippen molar-refractivity contribution < 1.29 is 9.47 Å². The molecule has 0 radical (unpaired) electrons. The lowest BCUT2D eigenvalue weighted by molar-refractivity contribution is 0.405. The fourth-order valence-electron chi connectivity index (χ4n) is 2.63. The van der Waals surface area contributed by atoms with Crippen molar-refractivity contribution in [2.45, 2.75) is 6.42 Å². The van der Waals surface area contributed by atoms with E-state index < -0.39 is 0 Å². The Morgan fingerprint density at radius 1 is 1.14 bits per heavy atom. The molecule has 3 N–H and O–H groups in total. The topological polar surface area (TPSA) is 86.7 Å². The summed E-state index contributed by atoms with van der Waals surface area (Å²) in [6.07, 6.45) is 4.46. The molecule has 3 rings (SSSR count). The lowest BCUT2D eigenvalue weighted by atomic mass is 10.1.